The standard InChI is InChI=1S/C26H37N3O3/c1-6-24(30)27-12-13-28-23-16-22(18(4)14-20(23)15-19(5)25(28)31)26(32)29(17(2)3)21-10-8-7-9-11-21/h14-17,21H,6-13H2,1-5H3,(H,27,30). The van der Waals surface area contributed by atoms with Gasteiger partial charge in [-0.3, -0.25) is 14.4 Å². The van der Waals surface area contributed by atoms with Gasteiger partial charge >= 0.3 is 0 Å². The second-order valence-electron chi connectivity index (χ2n) is 9.31. The average molecular weight is 440 g/mol. The molecule has 1 aliphatic carbocycles. The Bertz CT molecular complexity index is 1050. The molecule has 1 saturated carbocycles. The zero-order valence-electron chi connectivity index (χ0n) is 20.2. The molecule has 0 spiro atoms. The minimum atomic E-state index is -0.0847. The topological polar surface area (TPSA) is 71.4 Å². The highest BCUT2D eigenvalue weighted by Gasteiger charge is 2.29. The van der Waals surface area contributed by atoms with E-state index in [-0.39, 0.29) is 29.5 Å². The molecule has 1 fully saturated rings. The lowest BCUT2D eigenvalue weighted by atomic mass is 9.92. The summed E-state index contributed by atoms with van der Waals surface area (Å²) >= 11 is 0. The summed E-state index contributed by atoms with van der Waals surface area (Å²) in [6.45, 7) is 10.5. The number of benzene rings is 1. The van der Waals surface area contributed by atoms with Crippen LogP contribution in [-0.4, -0.2) is 39.9 Å². The number of nitrogens with one attached hydrogen (secondary N) is 1. The fraction of sp³-hybridized carbons (Fsp3) is 0.577. The first-order valence-electron chi connectivity index (χ1n) is 12.0. The summed E-state index contributed by atoms with van der Waals surface area (Å²) in [4.78, 5) is 40.4. The number of pyridine rings is 1. The minimum Gasteiger partial charge on any atom is -0.354 e. The molecule has 0 radical (unpaired) electrons. The summed E-state index contributed by atoms with van der Waals surface area (Å²) in [5.74, 6) is 0.00642. The molecule has 0 unspecified atom stereocenters. The number of hydrogen-bond donors (Lipinski definition) is 1. The SMILES string of the molecule is CCC(=O)NCCn1c(=O)c(C)cc2cc(C)c(C(=O)N(C(C)C)C3CCCCC3)cc21. The van der Waals surface area contributed by atoms with E-state index in [4.69, 9.17) is 0 Å². The maximum atomic E-state index is 13.7. The van der Waals surface area contributed by atoms with E-state index in [1.54, 1.807) is 18.4 Å². The Kier molecular flexibility index (Phi) is 7.75. The first kappa shape index (κ1) is 24.0. The van der Waals surface area contributed by atoms with E-state index in [1.165, 1.54) is 19.3 Å². The van der Waals surface area contributed by atoms with E-state index < -0.39 is 0 Å². The molecule has 0 atom stereocenters. The molecule has 2 amide bonds. The van der Waals surface area contributed by atoms with Crippen LogP contribution in [0, 0.1) is 13.8 Å². The first-order valence-corrected chi connectivity index (χ1v) is 12.0. The van der Waals surface area contributed by atoms with Crippen molar-refractivity contribution in [1.82, 2.24) is 14.8 Å². The van der Waals surface area contributed by atoms with Crippen LogP contribution in [0.15, 0.2) is 23.0 Å². The van der Waals surface area contributed by atoms with Gasteiger partial charge in [0.05, 0.1) is 5.52 Å². The second kappa shape index (κ2) is 10.3. The quantitative estimate of drug-likeness (QED) is 0.698. The molecule has 2 aromatic rings. The summed E-state index contributed by atoms with van der Waals surface area (Å²) < 4.78 is 1.69. The smallest absolute Gasteiger partial charge is 0.254 e. The van der Waals surface area contributed by atoms with Crippen LogP contribution in [0.4, 0.5) is 0 Å². The summed E-state index contributed by atoms with van der Waals surface area (Å²) in [6, 6.07) is 6.17. The van der Waals surface area contributed by atoms with Gasteiger partial charge in [0.15, 0.2) is 0 Å². The molecule has 1 N–H and O–H groups in total. The molecule has 1 aliphatic rings. The van der Waals surface area contributed by atoms with E-state index in [0.29, 0.717) is 30.6 Å². The van der Waals surface area contributed by atoms with Crippen molar-refractivity contribution >= 4 is 22.7 Å². The Morgan fingerprint density at radius 3 is 2.38 bits per heavy atom. The Balaban J connectivity index is 2.03. The predicted octanol–water partition coefficient (Wildman–Crippen LogP) is 4.33. The number of fused-ring (bicyclic) bond motifs is 1. The van der Waals surface area contributed by atoms with Gasteiger partial charge in [0.2, 0.25) is 5.91 Å². The molecule has 6 heteroatoms. The van der Waals surface area contributed by atoms with E-state index in [9.17, 15) is 14.4 Å². The average Bonchev–Trinajstić information content (AvgIpc) is 2.76. The molecule has 1 heterocycles. The van der Waals surface area contributed by atoms with Crippen LogP contribution >= 0.6 is 0 Å². The van der Waals surface area contributed by atoms with Crippen molar-refractivity contribution in [2.45, 2.75) is 91.8 Å². The van der Waals surface area contributed by atoms with E-state index in [0.717, 1.165) is 29.3 Å². The fourth-order valence-electron chi connectivity index (χ4n) is 4.89. The molecule has 32 heavy (non-hydrogen) atoms. The number of aryl methyl sites for hydroxylation is 2. The Morgan fingerprint density at radius 2 is 1.75 bits per heavy atom. The molecule has 0 aliphatic heterocycles. The zero-order chi connectivity index (χ0) is 23.4. The van der Waals surface area contributed by atoms with Gasteiger partial charge in [-0.15, -0.1) is 0 Å². The van der Waals surface area contributed by atoms with Gasteiger partial charge in [-0.1, -0.05) is 26.2 Å². The normalized spacial score (nSPS) is 14.7. The maximum absolute atomic E-state index is 13.7. The number of amides is 2. The molecule has 0 bridgehead atoms. The number of carbonyl (C=O) groups excluding carboxylic acids is 2. The van der Waals surface area contributed by atoms with E-state index >= 15 is 0 Å². The minimum absolute atomic E-state index is 0.0400. The van der Waals surface area contributed by atoms with Crippen LogP contribution < -0.4 is 10.9 Å². The third kappa shape index (κ3) is 5.05. The van der Waals surface area contributed by atoms with Crippen LogP contribution in [0.25, 0.3) is 10.9 Å². The highest BCUT2D eigenvalue weighted by atomic mass is 16.2. The highest BCUT2D eigenvalue weighted by Crippen LogP contribution is 2.28. The van der Waals surface area contributed by atoms with Crippen molar-refractivity contribution in [2.24, 2.45) is 0 Å². The molecule has 1 aromatic heterocycles. The monoisotopic (exact) mass is 439 g/mol. The summed E-state index contributed by atoms with van der Waals surface area (Å²) in [5, 5.41) is 3.78. The van der Waals surface area contributed by atoms with Crippen LogP contribution in [0.3, 0.4) is 0 Å². The van der Waals surface area contributed by atoms with Crippen molar-refractivity contribution in [2.75, 3.05) is 6.54 Å². The molecular formula is C26H37N3O3. The van der Waals surface area contributed by atoms with Crippen LogP contribution in [0.5, 0.6) is 0 Å². The largest absolute Gasteiger partial charge is 0.354 e. The lowest BCUT2D eigenvalue weighted by Crippen LogP contribution is -2.46. The van der Waals surface area contributed by atoms with Crippen molar-refractivity contribution < 1.29 is 9.59 Å². The predicted molar refractivity (Wildman–Crippen MR) is 129 cm³/mol. The second-order valence-corrected chi connectivity index (χ2v) is 9.31. The Hall–Kier alpha value is -2.63. The first-order chi connectivity index (χ1) is 15.2. The van der Waals surface area contributed by atoms with E-state index in [1.807, 2.05) is 30.0 Å². The fourth-order valence-corrected chi connectivity index (χ4v) is 4.89. The summed E-state index contributed by atoms with van der Waals surface area (Å²) in [6.07, 6.45) is 6.09. The molecule has 6 nitrogen and oxygen atoms in total. The molecule has 174 valence electrons. The molecular weight excluding hydrogens is 402 g/mol. The summed E-state index contributed by atoms with van der Waals surface area (Å²) in [5.41, 5.74) is 2.90. The summed E-state index contributed by atoms with van der Waals surface area (Å²) in [7, 11) is 0. The van der Waals surface area contributed by atoms with Gasteiger partial charge in [0.1, 0.15) is 0 Å². The van der Waals surface area contributed by atoms with Gasteiger partial charge in [-0.2, -0.15) is 0 Å². The third-order valence-corrected chi connectivity index (χ3v) is 6.59. The van der Waals surface area contributed by atoms with Crippen molar-refractivity contribution in [3.05, 3.63) is 45.2 Å². The van der Waals surface area contributed by atoms with Crippen LogP contribution in [-0.2, 0) is 11.3 Å². The number of rotatable bonds is 7. The van der Waals surface area contributed by atoms with Gasteiger partial charge in [-0.25, -0.2) is 0 Å². The molecule has 1 aromatic carbocycles. The van der Waals surface area contributed by atoms with Gasteiger partial charge in [0.25, 0.3) is 11.5 Å². The number of aromatic nitrogens is 1. The van der Waals surface area contributed by atoms with Crippen molar-refractivity contribution in [3.8, 4) is 0 Å². The van der Waals surface area contributed by atoms with Gasteiger partial charge in [0, 0.05) is 42.7 Å². The highest BCUT2D eigenvalue weighted by molar-refractivity contribution is 6.00. The van der Waals surface area contributed by atoms with Crippen LogP contribution in [0.1, 0.15) is 80.8 Å². The molecule has 3 rings (SSSR count). The third-order valence-electron chi connectivity index (χ3n) is 6.59. The maximum Gasteiger partial charge on any atom is 0.254 e. The van der Waals surface area contributed by atoms with Crippen molar-refractivity contribution in [3.63, 3.8) is 0 Å². The van der Waals surface area contributed by atoms with Crippen LogP contribution in [0.2, 0.25) is 0 Å². The van der Waals surface area contributed by atoms with Crippen molar-refractivity contribution in [1.29, 1.82) is 0 Å². The Labute approximate surface area is 191 Å². The zero-order valence-corrected chi connectivity index (χ0v) is 20.2. The molecule has 0 saturated heterocycles. The lowest BCUT2D eigenvalue weighted by molar-refractivity contribution is -0.120. The lowest BCUT2D eigenvalue weighted by Gasteiger charge is -2.37. The van der Waals surface area contributed by atoms with Gasteiger partial charge in [-0.05, 0) is 69.7 Å². The van der Waals surface area contributed by atoms with E-state index in [2.05, 4.69) is 19.2 Å². The van der Waals surface area contributed by atoms with Gasteiger partial charge < -0.3 is 14.8 Å². The number of carbonyl (C=O) groups is 2. The Morgan fingerprint density at radius 1 is 1.09 bits per heavy atom. The number of nitrogens with zero attached hydrogens (tertiary/aromatic N) is 2. The number of hydrogen-bond acceptors (Lipinski definition) is 3.